The number of carbonyl (C=O) groups is 1. The number of benzene rings is 1. The monoisotopic (exact) mass is 391 g/mol. The second kappa shape index (κ2) is 7.67. The molecule has 3 aromatic rings. The molecule has 3 rings (SSSR count). The Morgan fingerprint density at radius 2 is 2.00 bits per heavy atom. The minimum Gasteiger partial charge on any atom is -0.350 e. The summed E-state index contributed by atoms with van der Waals surface area (Å²) in [6.07, 6.45) is -1.36. The zero-order valence-electron chi connectivity index (χ0n) is 14.8. The zero-order valence-corrected chi connectivity index (χ0v) is 14.8. The normalized spacial score (nSPS) is 11.4. The largest absolute Gasteiger partial charge is 0.416 e. The van der Waals surface area contributed by atoms with Gasteiger partial charge < -0.3 is 5.32 Å². The number of halogens is 3. The lowest BCUT2D eigenvalue weighted by molar-refractivity contribution is -0.137. The quantitative estimate of drug-likeness (QED) is 0.722. The van der Waals surface area contributed by atoms with E-state index >= 15 is 0 Å². The summed E-state index contributed by atoms with van der Waals surface area (Å²) in [4.78, 5) is 28.3. The van der Waals surface area contributed by atoms with Crippen molar-refractivity contribution >= 4 is 5.91 Å². The van der Waals surface area contributed by atoms with Crippen molar-refractivity contribution in [1.29, 1.82) is 0 Å². The van der Waals surface area contributed by atoms with E-state index in [1.54, 1.807) is 31.6 Å². The number of amides is 1. The summed E-state index contributed by atoms with van der Waals surface area (Å²) in [5.41, 5.74) is -0.734. The lowest BCUT2D eigenvalue weighted by atomic mass is 10.1. The van der Waals surface area contributed by atoms with Crippen LogP contribution in [0.4, 0.5) is 13.2 Å². The number of aromatic nitrogens is 4. The van der Waals surface area contributed by atoms with Crippen molar-refractivity contribution in [3.05, 3.63) is 70.4 Å². The second-order valence-electron chi connectivity index (χ2n) is 5.96. The molecule has 1 aromatic carbocycles. The Hall–Kier alpha value is -3.43. The van der Waals surface area contributed by atoms with Gasteiger partial charge in [-0.15, -0.1) is 5.10 Å². The molecular formula is C18H16F3N5O2. The van der Waals surface area contributed by atoms with Crippen LogP contribution in [0.1, 0.15) is 15.9 Å². The highest BCUT2D eigenvalue weighted by molar-refractivity contribution is 5.94. The molecule has 0 radical (unpaired) electrons. The van der Waals surface area contributed by atoms with Gasteiger partial charge in [-0.1, -0.05) is 6.07 Å². The molecule has 0 spiro atoms. The summed E-state index contributed by atoms with van der Waals surface area (Å²) in [5, 5.41) is 6.72. The molecule has 0 fully saturated rings. The summed E-state index contributed by atoms with van der Waals surface area (Å²) < 4.78 is 40.8. The molecule has 0 atom stereocenters. The third-order valence-electron chi connectivity index (χ3n) is 4.02. The van der Waals surface area contributed by atoms with Crippen molar-refractivity contribution in [2.24, 2.45) is 7.05 Å². The van der Waals surface area contributed by atoms with Gasteiger partial charge in [-0.25, -0.2) is 9.48 Å². The first kappa shape index (κ1) is 19.3. The Balaban J connectivity index is 1.67. The Bertz CT molecular complexity index is 1040. The molecule has 0 unspecified atom stereocenters. The van der Waals surface area contributed by atoms with Gasteiger partial charge in [0.25, 0.3) is 5.91 Å². The molecule has 0 bridgehead atoms. The maximum Gasteiger partial charge on any atom is 0.416 e. The van der Waals surface area contributed by atoms with Crippen molar-refractivity contribution in [2.45, 2.75) is 12.7 Å². The van der Waals surface area contributed by atoms with Crippen molar-refractivity contribution in [2.75, 3.05) is 6.54 Å². The summed E-state index contributed by atoms with van der Waals surface area (Å²) >= 11 is 0. The average Bonchev–Trinajstić information content (AvgIpc) is 2.96. The van der Waals surface area contributed by atoms with E-state index in [0.717, 1.165) is 12.1 Å². The smallest absolute Gasteiger partial charge is 0.350 e. The van der Waals surface area contributed by atoms with E-state index in [1.807, 2.05) is 0 Å². The summed E-state index contributed by atoms with van der Waals surface area (Å²) in [7, 11) is 1.56. The van der Waals surface area contributed by atoms with Gasteiger partial charge in [-0.3, -0.25) is 14.3 Å². The maximum absolute atomic E-state index is 12.7. The first-order chi connectivity index (χ1) is 13.3. The van der Waals surface area contributed by atoms with Gasteiger partial charge in [-0.05, 0) is 30.3 Å². The standard InChI is InChI=1S/C18H16F3N5O2/c1-25-15(13-5-3-7-22-11-13)24-26(17(25)28)9-8-23-16(27)12-4-2-6-14(10-12)18(19,20)21/h2-7,10-11H,8-9H2,1H3,(H,23,27). The predicted molar refractivity (Wildman–Crippen MR) is 94.5 cm³/mol. The van der Waals surface area contributed by atoms with Crippen molar-refractivity contribution in [1.82, 2.24) is 24.6 Å². The third-order valence-corrected chi connectivity index (χ3v) is 4.02. The fraction of sp³-hybridized carbons (Fsp3) is 0.222. The molecule has 0 saturated carbocycles. The van der Waals surface area contributed by atoms with Gasteiger partial charge in [-0.2, -0.15) is 13.2 Å². The SMILES string of the molecule is Cn1c(-c2cccnc2)nn(CCNC(=O)c2cccc(C(F)(F)F)c2)c1=O. The van der Waals surface area contributed by atoms with Crippen LogP contribution in [-0.2, 0) is 19.8 Å². The molecule has 0 aliphatic carbocycles. The van der Waals surface area contributed by atoms with Gasteiger partial charge in [0.1, 0.15) is 0 Å². The number of carbonyl (C=O) groups excluding carboxylic acids is 1. The number of nitrogens with one attached hydrogen (secondary N) is 1. The molecule has 7 nitrogen and oxygen atoms in total. The molecule has 146 valence electrons. The molecule has 0 aliphatic heterocycles. The molecule has 0 aliphatic rings. The first-order valence-corrected chi connectivity index (χ1v) is 8.27. The topological polar surface area (TPSA) is 81.8 Å². The molecule has 0 saturated heterocycles. The van der Waals surface area contributed by atoms with Gasteiger partial charge in [0.2, 0.25) is 0 Å². The second-order valence-corrected chi connectivity index (χ2v) is 5.96. The number of nitrogens with zero attached hydrogens (tertiary/aromatic N) is 4. The molecule has 1 amide bonds. The molecule has 10 heteroatoms. The number of rotatable bonds is 5. The van der Waals surface area contributed by atoms with Crippen LogP contribution in [0.2, 0.25) is 0 Å². The minimum absolute atomic E-state index is 0.0263. The summed E-state index contributed by atoms with van der Waals surface area (Å²) in [5.74, 6) is -0.245. The summed E-state index contributed by atoms with van der Waals surface area (Å²) in [6, 6.07) is 7.61. The number of hydrogen-bond donors (Lipinski definition) is 1. The molecule has 2 aromatic heterocycles. The van der Waals surface area contributed by atoms with Crippen molar-refractivity contribution in [3.8, 4) is 11.4 Å². The van der Waals surface area contributed by atoms with E-state index in [-0.39, 0.29) is 24.3 Å². The van der Waals surface area contributed by atoms with Crippen LogP contribution in [0.5, 0.6) is 0 Å². The van der Waals surface area contributed by atoms with Crippen molar-refractivity contribution < 1.29 is 18.0 Å². The Morgan fingerprint density at radius 3 is 2.68 bits per heavy atom. The van der Waals surface area contributed by atoms with Crippen LogP contribution in [-0.4, -0.2) is 31.8 Å². The van der Waals surface area contributed by atoms with Crippen LogP contribution in [0, 0.1) is 0 Å². The Morgan fingerprint density at radius 1 is 1.21 bits per heavy atom. The van der Waals surface area contributed by atoms with Crippen LogP contribution >= 0.6 is 0 Å². The maximum atomic E-state index is 12.7. The Kier molecular flexibility index (Phi) is 5.30. The van der Waals surface area contributed by atoms with Gasteiger partial charge in [0.05, 0.1) is 12.1 Å². The first-order valence-electron chi connectivity index (χ1n) is 8.27. The third kappa shape index (κ3) is 4.11. The number of alkyl halides is 3. The van der Waals surface area contributed by atoms with E-state index in [2.05, 4.69) is 15.4 Å². The average molecular weight is 391 g/mol. The fourth-order valence-corrected chi connectivity index (χ4v) is 2.59. The number of pyridine rings is 1. The molecular weight excluding hydrogens is 375 g/mol. The van der Waals surface area contributed by atoms with E-state index in [0.29, 0.717) is 11.4 Å². The van der Waals surface area contributed by atoms with Crippen LogP contribution in [0.25, 0.3) is 11.4 Å². The molecule has 2 heterocycles. The van der Waals surface area contributed by atoms with Gasteiger partial charge >= 0.3 is 11.9 Å². The number of hydrogen-bond acceptors (Lipinski definition) is 4. The summed E-state index contributed by atoms with van der Waals surface area (Å²) in [6.45, 7) is 0.0934. The molecule has 28 heavy (non-hydrogen) atoms. The lowest BCUT2D eigenvalue weighted by Gasteiger charge is -2.09. The van der Waals surface area contributed by atoms with Crippen molar-refractivity contribution in [3.63, 3.8) is 0 Å². The fourth-order valence-electron chi connectivity index (χ4n) is 2.59. The van der Waals surface area contributed by atoms with E-state index in [4.69, 9.17) is 0 Å². The van der Waals surface area contributed by atoms with E-state index in [9.17, 15) is 22.8 Å². The highest BCUT2D eigenvalue weighted by atomic mass is 19.4. The van der Waals surface area contributed by atoms with Gasteiger partial charge in [0, 0.05) is 37.1 Å². The van der Waals surface area contributed by atoms with Crippen LogP contribution < -0.4 is 11.0 Å². The predicted octanol–water partition coefficient (Wildman–Crippen LogP) is 2.09. The Labute approximate surface area is 157 Å². The van der Waals surface area contributed by atoms with Crippen LogP contribution in [0.3, 0.4) is 0 Å². The highest BCUT2D eigenvalue weighted by Crippen LogP contribution is 2.29. The zero-order chi connectivity index (χ0) is 20.3. The molecule has 1 N–H and O–H groups in total. The highest BCUT2D eigenvalue weighted by Gasteiger charge is 2.30. The lowest BCUT2D eigenvalue weighted by Crippen LogP contribution is -2.31. The van der Waals surface area contributed by atoms with E-state index < -0.39 is 17.6 Å². The van der Waals surface area contributed by atoms with Gasteiger partial charge in [0.15, 0.2) is 5.82 Å². The minimum atomic E-state index is -4.53. The van der Waals surface area contributed by atoms with E-state index in [1.165, 1.54) is 21.4 Å². The van der Waals surface area contributed by atoms with Crippen LogP contribution in [0.15, 0.2) is 53.6 Å².